The molecule has 2 unspecified atom stereocenters. The molecule has 1 amide bonds. The zero-order valence-corrected chi connectivity index (χ0v) is 17.0. The topological polar surface area (TPSA) is 29.5 Å². The van der Waals surface area contributed by atoms with E-state index < -0.39 is 5.60 Å². The molecule has 1 saturated heterocycles. The van der Waals surface area contributed by atoms with E-state index >= 15 is 0 Å². The van der Waals surface area contributed by atoms with Crippen molar-refractivity contribution in [2.45, 2.75) is 54.3 Å². The number of rotatable bonds is 0. The molecule has 5 heteroatoms. The van der Waals surface area contributed by atoms with E-state index in [9.17, 15) is 4.79 Å². The normalized spacial score (nSPS) is 26.2. The molecule has 3 nitrogen and oxygen atoms in total. The van der Waals surface area contributed by atoms with Gasteiger partial charge >= 0.3 is 6.09 Å². The Hall–Kier alpha value is -0.550. The first kappa shape index (κ1) is 17.3. The van der Waals surface area contributed by atoms with E-state index in [4.69, 9.17) is 4.74 Å². The maximum atomic E-state index is 12.3. The molecule has 0 saturated carbocycles. The van der Waals surface area contributed by atoms with E-state index in [0.29, 0.717) is 9.65 Å². The fourth-order valence-corrected chi connectivity index (χ4v) is 5.63. The third kappa shape index (κ3) is 3.07. The smallest absolute Gasteiger partial charge is 0.410 e. The molecule has 0 bridgehead atoms. The molecular formula is C18H23Br2NO2. The Morgan fingerprint density at radius 2 is 1.83 bits per heavy atom. The molecule has 1 heterocycles. The molecule has 2 atom stereocenters. The van der Waals surface area contributed by atoms with Gasteiger partial charge in [-0.25, -0.2) is 4.79 Å². The lowest BCUT2D eigenvalue weighted by Crippen LogP contribution is -2.49. The Kier molecular flexibility index (Phi) is 4.56. The molecule has 126 valence electrons. The molecular weight excluding hydrogens is 422 g/mol. The average Bonchev–Trinajstić information content (AvgIpc) is 2.70. The molecule has 0 aromatic heterocycles. The summed E-state index contributed by atoms with van der Waals surface area (Å²) >= 11 is 7.77. The van der Waals surface area contributed by atoms with Crippen molar-refractivity contribution >= 4 is 38.0 Å². The molecule has 1 aromatic carbocycles. The van der Waals surface area contributed by atoms with Crippen LogP contribution in [0.1, 0.15) is 49.6 Å². The summed E-state index contributed by atoms with van der Waals surface area (Å²) in [5.74, 6) is 0. The van der Waals surface area contributed by atoms with Crippen LogP contribution in [0.25, 0.3) is 0 Å². The minimum absolute atomic E-state index is 0.100. The van der Waals surface area contributed by atoms with Crippen LogP contribution in [0.2, 0.25) is 0 Å². The van der Waals surface area contributed by atoms with Crippen molar-refractivity contribution in [1.82, 2.24) is 4.90 Å². The van der Waals surface area contributed by atoms with Gasteiger partial charge in [0.2, 0.25) is 0 Å². The largest absolute Gasteiger partial charge is 0.444 e. The van der Waals surface area contributed by atoms with E-state index in [1.165, 1.54) is 11.1 Å². The molecule has 1 fully saturated rings. The van der Waals surface area contributed by atoms with Gasteiger partial charge in [0.15, 0.2) is 0 Å². The van der Waals surface area contributed by atoms with Crippen LogP contribution in [0.4, 0.5) is 4.79 Å². The van der Waals surface area contributed by atoms with Crippen molar-refractivity contribution in [3.05, 3.63) is 35.4 Å². The lowest BCUT2D eigenvalue weighted by Gasteiger charge is -2.42. The van der Waals surface area contributed by atoms with Gasteiger partial charge < -0.3 is 9.64 Å². The lowest BCUT2D eigenvalue weighted by molar-refractivity contribution is 0.0167. The summed E-state index contributed by atoms with van der Waals surface area (Å²) in [6.45, 7) is 7.21. The first-order valence-electron chi connectivity index (χ1n) is 8.10. The summed E-state index contributed by atoms with van der Waals surface area (Å²) in [4.78, 5) is 14.8. The lowest BCUT2D eigenvalue weighted by atomic mass is 9.74. The Morgan fingerprint density at radius 3 is 2.43 bits per heavy atom. The van der Waals surface area contributed by atoms with Crippen molar-refractivity contribution in [3.63, 3.8) is 0 Å². The Bertz CT molecular complexity index is 603. The van der Waals surface area contributed by atoms with E-state index in [1.54, 1.807) is 0 Å². The minimum atomic E-state index is -0.439. The molecule has 0 N–H and O–H groups in total. The van der Waals surface area contributed by atoms with Gasteiger partial charge in [-0.2, -0.15) is 0 Å². The highest BCUT2D eigenvalue weighted by molar-refractivity contribution is 9.12. The average molecular weight is 445 g/mol. The third-order valence-electron chi connectivity index (χ3n) is 4.89. The predicted molar refractivity (Wildman–Crippen MR) is 99.5 cm³/mol. The van der Waals surface area contributed by atoms with Crippen LogP contribution in [-0.2, 0) is 10.2 Å². The fraction of sp³-hybridized carbons (Fsp3) is 0.611. The van der Waals surface area contributed by atoms with Crippen LogP contribution in [-0.4, -0.2) is 34.5 Å². The number of carbonyl (C=O) groups is 1. The van der Waals surface area contributed by atoms with Crippen LogP contribution in [0.5, 0.6) is 0 Å². The van der Waals surface area contributed by atoms with Crippen LogP contribution < -0.4 is 0 Å². The molecule has 0 radical (unpaired) electrons. The van der Waals surface area contributed by atoms with Crippen molar-refractivity contribution in [1.29, 1.82) is 0 Å². The van der Waals surface area contributed by atoms with Gasteiger partial charge in [0.1, 0.15) is 5.60 Å². The number of piperidine rings is 1. The highest BCUT2D eigenvalue weighted by atomic mass is 79.9. The Balaban J connectivity index is 1.77. The van der Waals surface area contributed by atoms with Gasteiger partial charge in [0, 0.05) is 23.3 Å². The van der Waals surface area contributed by atoms with Crippen molar-refractivity contribution in [3.8, 4) is 0 Å². The molecule has 1 spiro atoms. The predicted octanol–water partition coefficient (Wildman–Crippen LogP) is 5.17. The number of carbonyl (C=O) groups excluding carboxylic acids is 1. The molecule has 1 aromatic rings. The van der Waals surface area contributed by atoms with Crippen LogP contribution in [0, 0.1) is 0 Å². The first-order chi connectivity index (χ1) is 10.7. The molecule has 3 rings (SSSR count). The maximum Gasteiger partial charge on any atom is 0.410 e. The molecule has 23 heavy (non-hydrogen) atoms. The number of nitrogens with zero attached hydrogens (tertiary/aromatic N) is 1. The summed E-state index contributed by atoms with van der Waals surface area (Å²) < 4.78 is 5.51. The number of fused-ring (bicyclic) bond motifs is 2. The van der Waals surface area contributed by atoms with E-state index in [2.05, 4.69) is 56.1 Å². The van der Waals surface area contributed by atoms with Crippen LogP contribution in [0.3, 0.4) is 0 Å². The number of benzene rings is 1. The van der Waals surface area contributed by atoms with Crippen LogP contribution >= 0.6 is 31.9 Å². The quantitative estimate of drug-likeness (QED) is 0.516. The summed E-state index contributed by atoms with van der Waals surface area (Å²) in [5.41, 5.74) is 2.46. The van der Waals surface area contributed by atoms with E-state index in [1.807, 2.05) is 25.7 Å². The monoisotopic (exact) mass is 443 g/mol. The second kappa shape index (κ2) is 6.07. The van der Waals surface area contributed by atoms with Crippen molar-refractivity contribution in [2.75, 3.05) is 13.1 Å². The number of hydrogen-bond acceptors (Lipinski definition) is 2. The number of likely N-dealkylation sites (tertiary alicyclic amines) is 1. The van der Waals surface area contributed by atoms with E-state index in [0.717, 1.165) is 25.9 Å². The Labute approximate surface area is 155 Å². The maximum absolute atomic E-state index is 12.3. The number of amides is 1. The fourth-order valence-electron chi connectivity index (χ4n) is 3.74. The van der Waals surface area contributed by atoms with Gasteiger partial charge in [0.25, 0.3) is 0 Å². The minimum Gasteiger partial charge on any atom is -0.444 e. The van der Waals surface area contributed by atoms with Gasteiger partial charge in [-0.3, -0.25) is 0 Å². The van der Waals surface area contributed by atoms with Crippen molar-refractivity contribution < 1.29 is 9.53 Å². The highest BCUT2D eigenvalue weighted by Gasteiger charge is 2.51. The highest BCUT2D eigenvalue weighted by Crippen LogP contribution is 2.56. The van der Waals surface area contributed by atoms with Gasteiger partial charge in [-0.05, 0) is 44.7 Å². The second-order valence-corrected chi connectivity index (χ2v) is 9.49. The molecule has 1 aliphatic carbocycles. The number of hydrogen-bond donors (Lipinski definition) is 0. The van der Waals surface area contributed by atoms with Crippen LogP contribution in [0.15, 0.2) is 24.3 Å². The summed E-state index contributed by atoms with van der Waals surface area (Å²) in [6.07, 6.45) is 1.72. The summed E-state index contributed by atoms with van der Waals surface area (Å²) in [6, 6.07) is 8.67. The van der Waals surface area contributed by atoms with Crippen molar-refractivity contribution in [2.24, 2.45) is 0 Å². The zero-order chi connectivity index (χ0) is 16.8. The number of ether oxygens (including phenoxy) is 1. The standard InChI is InChI=1S/C18H23Br2NO2/c1-17(2,3)23-16(22)21-10-8-18(9-11-21)13-7-5-4-6-12(13)14(19)15(18)20/h4-7,14-15H,8-11H2,1-3H3. The SMILES string of the molecule is CC(C)(C)OC(=O)N1CCC2(CC1)c1ccccc1C(Br)C2Br. The van der Waals surface area contributed by atoms with Gasteiger partial charge in [0.05, 0.1) is 4.83 Å². The first-order valence-corrected chi connectivity index (χ1v) is 9.93. The molecule has 1 aliphatic heterocycles. The second-order valence-electron chi connectivity index (χ2n) is 7.51. The van der Waals surface area contributed by atoms with E-state index in [-0.39, 0.29) is 11.5 Å². The van der Waals surface area contributed by atoms with Gasteiger partial charge in [-0.1, -0.05) is 56.1 Å². The molecule has 2 aliphatic rings. The van der Waals surface area contributed by atoms with Gasteiger partial charge in [-0.15, -0.1) is 0 Å². The number of alkyl halides is 2. The Morgan fingerprint density at radius 1 is 1.22 bits per heavy atom. The zero-order valence-electron chi connectivity index (χ0n) is 13.8. The third-order valence-corrected chi connectivity index (χ3v) is 8.02. The summed E-state index contributed by atoms with van der Waals surface area (Å²) in [7, 11) is 0. The number of halogens is 2. The summed E-state index contributed by atoms with van der Waals surface area (Å²) in [5, 5.41) is 0.